The van der Waals surface area contributed by atoms with Crippen molar-refractivity contribution in [1.29, 1.82) is 0 Å². The van der Waals surface area contributed by atoms with Crippen molar-refractivity contribution in [3.8, 4) is 11.5 Å². The number of amides is 1. The number of carbonyl (C=O) groups excluding carboxylic acids is 1. The first-order chi connectivity index (χ1) is 13.6. The van der Waals surface area contributed by atoms with Crippen LogP contribution in [0.15, 0.2) is 36.4 Å². The van der Waals surface area contributed by atoms with Crippen LogP contribution in [-0.2, 0) is 15.7 Å². The fourth-order valence-corrected chi connectivity index (χ4v) is 2.43. The third-order valence-corrected chi connectivity index (χ3v) is 3.97. The van der Waals surface area contributed by atoms with E-state index in [0.29, 0.717) is 0 Å². The molecule has 2 rings (SSSR count). The van der Waals surface area contributed by atoms with Crippen LogP contribution < -0.4 is 14.8 Å². The Morgan fingerprint density at radius 2 is 1.83 bits per heavy atom. The van der Waals surface area contributed by atoms with Crippen LogP contribution in [0.5, 0.6) is 11.5 Å². The van der Waals surface area contributed by atoms with Crippen LogP contribution in [0.3, 0.4) is 0 Å². The molecule has 29 heavy (non-hydrogen) atoms. The molecular formula is C19H18ClF4NO4. The van der Waals surface area contributed by atoms with E-state index < -0.39 is 29.6 Å². The Bertz CT molecular complexity index is 861. The predicted octanol–water partition coefficient (Wildman–Crippen LogP) is 4.93. The lowest BCUT2D eigenvalue weighted by Gasteiger charge is -2.18. The number of hydrogen-bond acceptors (Lipinski definition) is 4. The van der Waals surface area contributed by atoms with Crippen molar-refractivity contribution in [2.45, 2.75) is 19.2 Å². The summed E-state index contributed by atoms with van der Waals surface area (Å²) >= 11 is 5.85. The first kappa shape index (κ1) is 22.8. The van der Waals surface area contributed by atoms with Crippen molar-refractivity contribution in [2.24, 2.45) is 0 Å². The lowest BCUT2D eigenvalue weighted by atomic mass is 10.1. The Labute approximate surface area is 169 Å². The minimum Gasteiger partial charge on any atom is -0.489 e. The van der Waals surface area contributed by atoms with Crippen LogP contribution in [0.2, 0.25) is 5.02 Å². The zero-order chi connectivity index (χ0) is 21.6. The van der Waals surface area contributed by atoms with Gasteiger partial charge in [0.2, 0.25) is 0 Å². The predicted molar refractivity (Wildman–Crippen MR) is 98.9 cm³/mol. The van der Waals surface area contributed by atoms with Gasteiger partial charge in [0, 0.05) is 7.11 Å². The van der Waals surface area contributed by atoms with Gasteiger partial charge >= 0.3 is 6.18 Å². The van der Waals surface area contributed by atoms with Gasteiger partial charge in [-0.2, -0.15) is 13.2 Å². The molecule has 0 heterocycles. The van der Waals surface area contributed by atoms with Gasteiger partial charge in [0.25, 0.3) is 5.91 Å². The molecule has 0 fully saturated rings. The number of methoxy groups -OCH3 is 1. The third-order valence-electron chi connectivity index (χ3n) is 3.68. The van der Waals surface area contributed by atoms with Gasteiger partial charge in [0.05, 0.1) is 22.9 Å². The largest absolute Gasteiger partial charge is 0.489 e. The first-order valence-electron chi connectivity index (χ1n) is 8.37. The summed E-state index contributed by atoms with van der Waals surface area (Å²) in [5.41, 5.74) is -1.14. The number of halogens is 5. The molecular weight excluding hydrogens is 418 g/mol. The smallest absolute Gasteiger partial charge is 0.416 e. The van der Waals surface area contributed by atoms with E-state index in [2.05, 4.69) is 5.32 Å². The summed E-state index contributed by atoms with van der Waals surface area (Å²) in [6, 6.07) is 6.06. The highest BCUT2D eigenvalue weighted by Crippen LogP contribution is 2.35. The van der Waals surface area contributed by atoms with Crippen molar-refractivity contribution < 1.29 is 36.6 Å². The van der Waals surface area contributed by atoms with Gasteiger partial charge in [-0.25, -0.2) is 4.39 Å². The van der Waals surface area contributed by atoms with Gasteiger partial charge in [-0.3, -0.25) is 4.79 Å². The Hall–Kier alpha value is -2.52. The van der Waals surface area contributed by atoms with Crippen LogP contribution in [0.25, 0.3) is 0 Å². The summed E-state index contributed by atoms with van der Waals surface area (Å²) < 4.78 is 67.8. The van der Waals surface area contributed by atoms with E-state index in [1.54, 1.807) is 0 Å². The number of alkyl halides is 3. The van der Waals surface area contributed by atoms with Gasteiger partial charge in [0.15, 0.2) is 6.10 Å². The molecule has 0 radical (unpaired) electrons. The Morgan fingerprint density at radius 1 is 1.14 bits per heavy atom. The van der Waals surface area contributed by atoms with Gasteiger partial charge in [-0.05, 0) is 43.3 Å². The number of ether oxygens (including phenoxy) is 3. The van der Waals surface area contributed by atoms with Crippen LogP contribution in [-0.4, -0.2) is 32.3 Å². The van der Waals surface area contributed by atoms with E-state index in [0.717, 1.165) is 30.3 Å². The van der Waals surface area contributed by atoms with Crippen LogP contribution in [0.1, 0.15) is 12.5 Å². The topological polar surface area (TPSA) is 56.8 Å². The highest BCUT2D eigenvalue weighted by molar-refractivity contribution is 6.32. The third kappa shape index (κ3) is 6.50. The second-order valence-electron chi connectivity index (χ2n) is 5.87. The normalized spacial score (nSPS) is 12.4. The van der Waals surface area contributed by atoms with Crippen molar-refractivity contribution in [1.82, 2.24) is 0 Å². The maximum atomic E-state index is 13.1. The molecule has 0 spiro atoms. The number of hydrogen-bond donors (Lipinski definition) is 1. The molecule has 2 aromatic carbocycles. The molecule has 1 atom stereocenters. The average Bonchev–Trinajstić information content (AvgIpc) is 2.64. The Balaban J connectivity index is 2.19. The highest BCUT2D eigenvalue weighted by Gasteiger charge is 2.31. The minimum atomic E-state index is -4.60. The molecule has 158 valence electrons. The summed E-state index contributed by atoms with van der Waals surface area (Å²) in [6.07, 6.45) is -5.74. The van der Waals surface area contributed by atoms with E-state index in [4.69, 9.17) is 25.8 Å². The van der Waals surface area contributed by atoms with Crippen LogP contribution >= 0.6 is 11.6 Å². The monoisotopic (exact) mass is 435 g/mol. The van der Waals surface area contributed by atoms with Crippen LogP contribution in [0.4, 0.5) is 23.2 Å². The number of benzene rings is 2. The second-order valence-corrected chi connectivity index (χ2v) is 6.28. The summed E-state index contributed by atoms with van der Waals surface area (Å²) in [4.78, 5) is 12.4. The molecule has 1 N–H and O–H groups in total. The molecule has 2 aromatic rings. The summed E-state index contributed by atoms with van der Waals surface area (Å²) in [7, 11) is 1.44. The van der Waals surface area contributed by atoms with Crippen molar-refractivity contribution >= 4 is 23.2 Å². The lowest BCUT2D eigenvalue weighted by Crippen LogP contribution is -2.30. The second kappa shape index (κ2) is 9.80. The zero-order valence-corrected chi connectivity index (χ0v) is 16.2. The summed E-state index contributed by atoms with van der Waals surface area (Å²) in [6.45, 7) is 1.65. The van der Waals surface area contributed by atoms with Crippen molar-refractivity contribution in [3.63, 3.8) is 0 Å². The van der Waals surface area contributed by atoms with E-state index in [1.165, 1.54) is 20.1 Å². The molecule has 0 saturated carbocycles. The van der Waals surface area contributed by atoms with E-state index in [1.807, 2.05) is 0 Å². The number of rotatable bonds is 8. The molecule has 0 aliphatic rings. The Kier molecular flexibility index (Phi) is 7.69. The number of nitrogens with one attached hydrogen (secondary N) is 1. The SMILES string of the molecule is COCCOc1ccc(C(F)(F)F)cc1NC(=O)C(C)Oc1ccc(F)cc1Cl. The molecule has 5 nitrogen and oxygen atoms in total. The minimum absolute atomic E-state index is 0.0374. The molecule has 0 saturated heterocycles. The maximum absolute atomic E-state index is 13.1. The molecule has 0 aromatic heterocycles. The fourth-order valence-electron chi connectivity index (χ4n) is 2.21. The van der Waals surface area contributed by atoms with Gasteiger partial charge in [-0.15, -0.1) is 0 Å². The number of anilines is 1. The van der Waals surface area contributed by atoms with E-state index >= 15 is 0 Å². The highest BCUT2D eigenvalue weighted by atomic mass is 35.5. The summed E-state index contributed by atoms with van der Waals surface area (Å²) in [5, 5.41) is 2.31. The molecule has 0 aliphatic heterocycles. The van der Waals surface area contributed by atoms with Crippen molar-refractivity contribution in [2.75, 3.05) is 25.6 Å². The maximum Gasteiger partial charge on any atom is 0.416 e. The van der Waals surface area contributed by atoms with Crippen LogP contribution in [0, 0.1) is 5.82 Å². The quantitative estimate of drug-likeness (QED) is 0.472. The van der Waals surface area contributed by atoms with Crippen molar-refractivity contribution in [3.05, 3.63) is 52.8 Å². The average molecular weight is 436 g/mol. The fraction of sp³-hybridized carbons (Fsp3) is 0.316. The molecule has 0 bridgehead atoms. The molecule has 0 aliphatic carbocycles. The van der Waals surface area contributed by atoms with Gasteiger partial charge < -0.3 is 19.5 Å². The van der Waals surface area contributed by atoms with Gasteiger partial charge in [-0.1, -0.05) is 11.6 Å². The molecule has 10 heteroatoms. The first-order valence-corrected chi connectivity index (χ1v) is 8.75. The zero-order valence-electron chi connectivity index (χ0n) is 15.5. The molecule has 1 amide bonds. The summed E-state index contributed by atoms with van der Waals surface area (Å²) in [5.74, 6) is -1.24. The van der Waals surface area contributed by atoms with E-state index in [-0.39, 0.29) is 35.4 Å². The van der Waals surface area contributed by atoms with Gasteiger partial charge in [0.1, 0.15) is 23.9 Å². The van der Waals surface area contributed by atoms with E-state index in [9.17, 15) is 22.4 Å². The molecule has 1 unspecified atom stereocenters. The standard InChI is InChI=1S/C19H18ClF4NO4/c1-11(29-16-6-4-13(21)10-14(16)20)18(26)25-15-9-12(19(22,23)24)3-5-17(15)28-8-7-27-2/h3-6,9-11H,7-8H2,1-2H3,(H,25,26). The lowest BCUT2D eigenvalue weighted by molar-refractivity contribution is -0.137. The number of carbonyl (C=O) groups is 1. The Morgan fingerprint density at radius 3 is 2.45 bits per heavy atom.